The van der Waals surface area contributed by atoms with Crippen LogP contribution >= 0.6 is 0 Å². The third kappa shape index (κ3) is 79.5. The zero-order valence-corrected chi connectivity index (χ0v) is 3.02. The molecule has 5 heavy (non-hydrogen) atoms. The van der Waals surface area contributed by atoms with Crippen LogP contribution in [0, 0.1) is 18.5 Å². The Morgan fingerprint density at radius 2 is 0.400 bits per heavy atom. The van der Waals surface area contributed by atoms with Gasteiger partial charge in [-0.15, -0.1) is 0 Å². The molecule has 0 aromatic rings. The largest absolute Gasteiger partial charge is 0 e. The van der Waals surface area contributed by atoms with Gasteiger partial charge >= 0.3 is 0 Å². The van der Waals surface area contributed by atoms with Gasteiger partial charge in [0.2, 0.25) is 0 Å². The van der Waals surface area contributed by atoms with E-state index in [4.69, 9.17) is 0 Å². The molecule has 2 nitrogen and oxygen atoms in total. The second-order valence-corrected chi connectivity index (χ2v) is 0. The van der Waals surface area contributed by atoms with E-state index < -0.39 is 0 Å². The Kier molecular flexibility index (Phi) is 20400. The summed E-state index contributed by atoms with van der Waals surface area (Å²) in [6.07, 6.45) is 0. The molecule has 0 N–H and O–H groups in total. The third-order valence-electron chi connectivity index (χ3n) is 0. The molecule has 16 valence electrons. The number of hydrogen-bond acceptors (Lipinski definition) is 0. The summed E-state index contributed by atoms with van der Waals surface area (Å²) < 4.78 is 0. The maximum Gasteiger partial charge on any atom is 0 e. The van der Waals surface area contributed by atoms with Crippen molar-refractivity contribution in [2.45, 2.75) is 0 Å². The van der Waals surface area contributed by atoms with Crippen molar-refractivity contribution in [3.8, 4) is 0 Å². The molecule has 0 saturated carbocycles. The van der Waals surface area contributed by atoms with E-state index in [-0.39, 0.29) is 30.8 Å². The summed E-state index contributed by atoms with van der Waals surface area (Å²) in [7, 11) is 0. The summed E-state index contributed by atoms with van der Waals surface area (Å²) in [6.45, 7) is 0. The SMILES string of the molecule is [He].[He].[He].[N].[N]. The molecule has 5 heteroatoms. The molecule has 0 fully saturated rings. The summed E-state index contributed by atoms with van der Waals surface area (Å²) in [6, 6.07) is 0. The first-order valence-corrected chi connectivity index (χ1v) is 0. The molecule has 0 rings (SSSR count). The summed E-state index contributed by atoms with van der Waals surface area (Å²) in [4.78, 5) is 0. The van der Waals surface area contributed by atoms with Crippen LogP contribution in [0.1, 0.15) is 0 Å². The zero-order chi connectivity index (χ0) is 0. The molecular formula is He3N2. The minimum Gasteiger partial charge on any atom is 0 e. The summed E-state index contributed by atoms with van der Waals surface area (Å²) in [5, 5.41) is 0. The molecule has 0 bridgehead atoms. The van der Waals surface area contributed by atoms with E-state index in [0.717, 1.165) is 0 Å². The van der Waals surface area contributed by atoms with E-state index in [9.17, 15) is 0 Å². The monoisotopic (exact) mass is 40.0 g/mol. The molecular weight excluding hydrogens is 40.0 g/mol. The topological polar surface area (TPSA) is 61.0 Å². The smallest absolute Gasteiger partial charge is 0 e. The molecule has 0 aliphatic heterocycles. The van der Waals surface area contributed by atoms with Gasteiger partial charge in [0.15, 0.2) is 0 Å². The van der Waals surface area contributed by atoms with Crippen LogP contribution < -0.4 is 12.3 Å². The maximum atomic E-state index is 0. The molecule has 0 amide bonds. The average molecular weight is 40.0 g/mol. The minimum absolute atomic E-state index is 0. The van der Waals surface area contributed by atoms with Gasteiger partial charge in [-0.3, -0.25) is 0 Å². The van der Waals surface area contributed by atoms with Gasteiger partial charge in [0.1, 0.15) is 0 Å². The zero-order valence-electron chi connectivity index (χ0n) is 3.02. The first kappa shape index (κ1) is 497. The van der Waals surface area contributed by atoms with E-state index in [1.54, 1.807) is 0 Å². The molecule has 0 aromatic heterocycles. The van der Waals surface area contributed by atoms with Crippen LogP contribution in [0.25, 0.3) is 0 Å². The second-order valence-electron chi connectivity index (χ2n) is 0. The van der Waals surface area contributed by atoms with Gasteiger partial charge in [-0.1, -0.05) is 0 Å². The number of rotatable bonds is 0. The predicted molar refractivity (Wildman–Crippen MR) is 4.27 cm³/mol. The summed E-state index contributed by atoms with van der Waals surface area (Å²) in [5.74, 6) is 0. The normalized spacial score (nSPS) is 0. The molecule has 0 spiro atoms. The van der Waals surface area contributed by atoms with Crippen LogP contribution in [0.15, 0.2) is 0 Å². The second kappa shape index (κ2) is 205. The summed E-state index contributed by atoms with van der Waals surface area (Å²) in [5.41, 5.74) is 0. The van der Waals surface area contributed by atoms with Gasteiger partial charge in [-0.25, -0.2) is 0 Å². The van der Waals surface area contributed by atoms with Gasteiger partial charge in [-0.05, 0) is 0 Å². The Hall–Kier alpha value is -0.353. The van der Waals surface area contributed by atoms with Gasteiger partial charge in [0.05, 0.1) is 0 Å². The van der Waals surface area contributed by atoms with Crippen molar-refractivity contribution in [1.29, 1.82) is 0 Å². The van der Waals surface area contributed by atoms with Crippen LogP contribution in [0.5, 0.6) is 0 Å². The van der Waals surface area contributed by atoms with Crippen molar-refractivity contribution in [2.75, 3.05) is 0 Å². The van der Waals surface area contributed by atoms with Crippen LogP contribution in [0.4, 0.5) is 0 Å². The van der Waals surface area contributed by atoms with Crippen molar-refractivity contribution in [3.05, 3.63) is 0 Å². The first-order chi connectivity index (χ1) is 0. The Labute approximate surface area is 32.0 Å². The molecule has 0 atom stereocenters. The molecule has 0 saturated heterocycles. The molecule has 0 heterocycles. The molecule has 6 radical (unpaired) electrons. The molecule has 0 aliphatic carbocycles. The first-order valence-electron chi connectivity index (χ1n) is 0. The van der Waals surface area contributed by atoms with E-state index in [1.165, 1.54) is 0 Å². The average Bonchev–Trinajstić information content (AvgIpc) is 0. The Balaban J connectivity index is 0. The third-order valence-corrected chi connectivity index (χ3v) is 0. The molecule has 0 aliphatic rings. The maximum absolute atomic E-state index is 0. The van der Waals surface area contributed by atoms with E-state index >= 15 is 0 Å². The Morgan fingerprint density at radius 1 is 0.400 bits per heavy atom. The van der Waals surface area contributed by atoms with Crippen LogP contribution in [-0.2, 0) is 0 Å². The van der Waals surface area contributed by atoms with Crippen molar-refractivity contribution in [2.24, 2.45) is 0 Å². The molecule has 0 unspecified atom stereocenters. The fraction of sp³-hybridized carbons (Fsp3) is 0. The Bertz CT molecular complexity index is 4.85. The van der Waals surface area contributed by atoms with E-state index in [1.807, 2.05) is 0 Å². The Morgan fingerprint density at radius 3 is 0.400 bits per heavy atom. The van der Waals surface area contributed by atoms with Crippen molar-refractivity contribution >= 4 is 0 Å². The molecule has 0 aromatic carbocycles. The number of nitrogens with zero attached hydrogens (tertiary/aromatic N) is 2. The van der Waals surface area contributed by atoms with Crippen LogP contribution in [0.2, 0.25) is 0 Å². The predicted octanol–water partition coefficient (Wildman–Crippen LogP) is -0.961. The minimum atomic E-state index is 0. The van der Waals surface area contributed by atoms with Crippen molar-refractivity contribution in [1.82, 2.24) is 12.3 Å². The van der Waals surface area contributed by atoms with Crippen LogP contribution in [-0.4, -0.2) is 0 Å². The van der Waals surface area contributed by atoms with Gasteiger partial charge in [0, 0.05) is 30.8 Å². The van der Waals surface area contributed by atoms with Gasteiger partial charge in [-0.2, -0.15) is 0 Å². The van der Waals surface area contributed by atoms with Gasteiger partial charge in [0.25, 0.3) is 0 Å². The van der Waals surface area contributed by atoms with E-state index in [2.05, 4.69) is 0 Å². The van der Waals surface area contributed by atoms with E-state index in [0.29, 0.717) is 0 Å². The number of hydrogen-bond donors (Lipinski definition) is 0. The van der Waals surface area contributed by atoms with Gasteiger partial charge < -0.3 is 0 Å². The summed E-state index contributed by atoms with van der Waals surface area (Å²) >= 11 is 0. The fourth-order valence-corrected chi connectivity index (χ4v) is 0. The quantitative estimate of drug-likeness (QED) is 0.334. The van der Waals surface area contributed by atoms with Crippen molar-refractivity contribution < 1.29 is 18.5 Å². The standard InChI is InChI=1S/3He.2N. The van der Waals surface area contributed by atoms with Crippen LogP contribution in [0.3, 0.4) is 0 Å². The van der Waals surface area contributed by atoms with Crippen molar-refractivity contribution in [3.63, 3.8) is 0 Å². The fourth-order valence-electron chi connectivity index (χ4n) is 0.